The van der Waals surface area contributed by atoms with Gasteiger partial charge in [-0.2, -0.15) is 8.62 Å². The summed E-state index contributed by atoms with van der Waals surface area (Å²) >= 11 is 0. The van der Waals surface area contributed by atoms with Crippen LogP contribution < -0.4 is 21.4 Å². The summed E-state index contributed by atoms with van der Waals surface area (Å²) in [5, 5.41) is 42.4. The number of nitrogens with two attached hydrogens (primary N) is 1. The molecule has 0 radical (unpaired) electrons. The van der Waals surface area contributed by atoms with E-state index in [0.29, 0.717) is 7.11 Å². The molecule has 0 amide bonds. The number of phosphoric ester groups is 2. The van der Waals surface area contributed by atoms with Crippen molar-refractivity contribution in [3.8, 4) is 0 Å². The number of aliphatic hydroxyl groups excluding tert-OH is 4. The minimum Gasteiger partial charge on any atom is -0.387 e. The van der Waals surface area contributed by atoms with E-state index in [4.69, 9.17) is 19.7 Å². The van der Waals surface area contributed by atoms with E-state index in [0.717, 1.165) is 10.9 Å². The van der Waals surface area contributed by atoms with Gasteiger partial charge in [-0.25, -0.2) is 28.2 Å². The van der Waals surface area contributed by atoms with Crippen molar-refractivity contribution in [2.24, 2.45) is 7.05 Å². The molecule has 0 saturated carbocycles. The fourth-order valence-electron chi connectivity index (χ4n) is 5.61. The Hall–Kier alpha value is -3.33. The number of imidazole rings is 2. The first-order valence-electron chi connectivity index (χ1n) is 15.0. The molecule has 0 aliphatic carbocycles. The van der Waals surface area contributed by atoms with Crippen LogP contribution in [0.15, 0.2) is 22.2 Å². The number of rotatable bonds is 13. The summed E-state index contributed by atoms with van der Waals surface area (Å²) in [5.74, 6) is -0.0581. The number of aromatic nitrogens is 8. The van der Waals surface area contributed by atoms with E-state index in [1.165, 1.54) is 29.4 Å². The number of phosphoric acid groups is 3. The molecule has 11 atom stereocenters. The van der Waals surface area contributed by atoms with E-state index >= 15 is 0 Å². The van der Waals surface area contributed by atoms with Gasteiger partial charge in [-0.3, -0.25) is 37.3 Å². The molecular weight excluding hydrogens is 783 g/mol. The number of fused-ring (bicyclic) bond motifs is 2. The highest BCUT2D eigenvalue weighted by Crippen LogP contribution is 2.69. The largest absolute Gasteiger partial charge is 0.490 e. The maximum Gasteiger partial charge on any atom is 0.490 e. The van der Waals surface area contributed by atoms with E-state index in [-0.39, 0.29) is 34.1 Å². The second-order valence-corrected chi connectivity index (χ2v) is 16.6. The molecule has 30 heteroatoms. The normalized spacial score (nSPS) is 29.8. The quantitative estimate of drug-likeness (QED) is 0.0475. The van der Waals surface area contributed by atoms with Crippen molar-refractivity contribution in [3.63, 3.8) is 0 Å². The van der Waals surface area contributed by atoms with Crippen molar-refractivity contribution in [1.29, 1.82) is 0 Å². The SMILES string of the molecule is COP(=O)(OC[C@H]1O[C@@H]([n+]2cn(C)c3c(=O)[nH]c(N)nc32)[C@@H](O)C1O)OP(=O)(O)OP(=O)(O)OC[C@H]1O[C@@H](n2cnc3c(=O)[nH]c(C)nc32)[C@@H](O)C1O. The highest BCUT2D eigenvalue weighted by Gasteiger charge is 2.50. The number of hydrogen-bond donors (Lipinski definition) is 9. The summed E-state index contributed by atoms with van der Waals surface area (Å²) in [4.78, 5) is 61.7. The predicted molar refractivity (Wildman–Crippen MR) is 169 cm³/mol. The first kappa shape index (κ1) is 39.4. The van der Waals surface area contributed by atoms with Gasteiger partial charge in [0.05, 0.1) is 26.6 Å². The standard InChI is InChI=1S/C23H32N9O18P3/c1-8-26-17-11(19(37)27-8)25-6-31(17)21-15(35)13(33)9(47-21)4-45-51(39,40)49-52(41,42)50-53(43,44-3)46-5-10-14(34)16(36)22(48-10)32-7-30(2)12-18(32)28-23(24)29-20(12)38/h6-7,9-10,13-16,21-22,33-36H,4-5H2,1-3H3,(H5-,24,26,27,28,29,37,38,39,40,41,42)/p+1/t9-,10-,13?,14?,15+,16+,21-,22-,53?/m1/s1. The van der Waals surface area contributed by atoms with E-state index in [9.17, 15) is 53.5 Å². The molecule has 53 heavy (non-hydrogen) atoms. The van der Waals surface area contributed by atoms with Gasteiger partial charge in [0.1, 0.15) is 42.4 Å². The number of nitrogens with zero attached hydrogens (tertiary/aromatic N) is 6. The lowest BCUT2D eigenvalue weighted by Gasteiger charge is -2.22. The first-order valence-corrected chi connectivity index (χ1v) is 19.4. The monoisotopic (exact) mass is 816 g/mol. The summed E-state index contributed by atoms with van der Waals surface area (Å²) in [6, 6.07) is 0. The molecule has 4 aromatic rings. The van der Waals surface area contributed by atoms with Gasteiger partial charge < -0.3 is 50.4 Å². The van der Waals surface area contributed by atoms with Crippen LogP contribution in [0, 0.1) is 6.92 Å². The van der Waals surface area contributed by atoms with Crippen LogP contribution >= 0.6 is 23.5 Å². The zero-order valence-electron chi connectivity index (χ0n) is 27.4. The van der Waals surface area contributed by atoms with Gasteiger partial charge in [-0.15, -0.1) is 0 Å². The molecule has 2 aliphatic heterocycles. The zero-order valence-corrected chi connectivity index (χ0v) is 30.1. The molecule has 4 aromatic heterocycles. The number of aryl methyl sites for hydroxylation is 2. The Bertz CT molecular complexity index is 2300. The van der Waals surface area contributed by atoms with Crippen LogP contribution in [-0.4, -0.2) is 121 Å². The van der Waals surface area contributed by atoms with Crippen molar-refractivity contribution in [2.75, 3.05) is 26.1 Å². The fourth-order valence-corrected chi connectivity index (χ4v) is 9.46. The van der Waals surface area contributed by atoms with Gasteiger partial charge in [0.2, 0.25) is 11.7 Å². The Morgan fingerprint density at radius 2 is 1.58 bits per heavy atom. The number of anilines is 1. The third-order valence-corrected chi connectivity index (χ3v) is 12.7. The number of aliphatic hydroxyl groups is 4. The van der Waals surface area contributed by atoms with Crippen molar-refractivity contribution < 1.29 is 80.1 Å². The van der Waals surface area contributed by atoms with Crippen LogP contribution in [0.25, 0.3) is 22.3 Å². The second-order valence-electron chi connectivity index (χ2n) is 11.6. The van der Waals surface area contributed by atoms with Gasteiger partial charge in [-0.05, 0) is 6.92 Å². The molecule has 6 heterocycles. The van der Waals surface area contributed by atoms with Crippen LogP contribution in [0.3, 0.4) is 0 Å². The average Bonchev–Trinajstić information content (AvgIpc) is 3.78. The maximum atomic E-state index is 13.1. The molecule has 10 N–H and O–H groups in total. The van der Waals surface area contributed by atoms with Crippen LogP contribution in [0.4, 0.5) is 5.95 Å². The number of ether oxygens (including phenoxy) is 2. The van der Waals surface area contributed by atoms with Crippen molar-refractivity contribution in [1.82, 2.24) is 34.1 Å². The molecule has 2 aliphatic rings. The summed E-state index contributed by atoms with van der Waals surface area (Å²) in [6.45, 7) is -0.491. The number of aromatic amines is 2. The van der Waals surface area contributed by atoms with Crippen LogP contribution in [0.1, 0.15) is 18.3 Å². The van der Waals surface area contributed by atoms with Gasteiger partial charge in [0.15, 0.2) is 23.7 Å². The molecule has 27 nitrogen and oxygen atoms in total. The van der Waals surface area contributed by atoms with Gasteiger partial charge in [-0.1, -0.05) is 4.98 Å². The highest BCUT2D eigenvalue weighted by molar-refractivity contribution is 7.67. The second kappa shape index (κ2) is 14.4. The molecular formula is C23H33N9O18P3+. The van der Waals surface area contributed by atoms with E-state index in [2.05, 4.69) is 42.6 Å². The molecule has 6 rings (SSSR count). The zero-order chi connectivity index (χ0) is 38.8. The Morgan fingerprint density at radius 3 is 2.28 bits per heavy atom. The maximum absolute atomic E-state index is 13.1. The Kier molecular flexibility index (Phi) is 10.7. The number of nitrogen functional groups attached to an aromatic ring is 1. The Labute approximate surface area is 294 Å². The number of hydrogen-bond acceptors (Lipinski definition) is 20. The van der Waals surface area contributed by atoms with Crippen LogP contribution in [0.2, 0.25) is 0 Å². The molecule has 0 aromatic carbocycles. The third-order valence-electron chi connectivity index (χ3n) is 8.00. The minimum absolute atomic E-state index is 0.0159. The topological polar surface area (TPSA) is 381 Å². The fraction of sp³-hybridized carbons (Fsp3) is 0.565. The number of nitrogens with one attached hydrogen (secondary N) is 2. The van der Waals surface area contributed by atoms with Gasteiger partial charge >= 0.3 is 29.1 Å². The molecule has 5 unspecified atom stereocenters. The lowest BCUT2D eigenvalue weighted by molar-refractivity contribution is -0.745. The molecule has 292 valence electrons. The van der Waals surface area contributed by atoms with Gasteiger partial charge in [0.25, 0.3) is 17.1 Å². The molecule has 2 saturated heterocycles. The van der Waals surface area contributed by atoms with E-state index < -0.39 is 96.9 Å². The van der Waals surface area contributed by atoms with E-state index in [1.807, 2.05) is 0 Å². The summed E-state index contributed by atoms with van der Waals surface area (Å²) in [7, 11) is -14.5. The lowest BCUT2D eigenvalue weighted by atomic mass is 10.1. The van der Waals surface area contributed by atoms with Crippen molar-refractivity contribution >= 4 is 51.7 Å². The first-order chi connectivity index (χ1) is 24.7. The van der Waals surface area contributed by atoms with Crippen LogP contribution in [-0.2, 0) is 52.4 Å². The smallest absolute Gasteiger partial charge is 0.387 e. The lowest BCUT2D eigenvalue weighted by Crippen LogP contribution is -2.46. The van der Waals surface area contributed by atoms with Crippen molar-refractivity contribution in [2.45, 2.75) is 56.0 Å². The molecule has 0 bridgehead atoms. The predicted octanol–water partition coefficient (Wildman–Crippen LogP) is -3.17. The highest BCUT2D eigenvalue weighted by atomic mass is 31.3. The van der Waals surface area contributed by atoms with Crippen LogP contribution in [0.5, 0.6) is 0 Å². The summed E-state index contributed by atoms with van der Waals surface area (Å²) < 4.78 is 76.0. The Balaban J connectivity index is 1.07. The number of H-pyrrole nitrogens is 2. The Morgan fingerprint density at radius 1 is 0.925 bits per heavy atom. The van der Waals surface area contributed by atoms with E-state index in [1.54, 1.807) is 0 Å². The molecule has 2 fully saturated rings. The van der Waals surface area contributed by atoms with Gasteiger partial charge in [0, 0.05) is 7.11 Å². The minimum atomic E-state index is -5.88. The van der Waals surface area contributed by atoms with Crippen molar-refractivity contribution in [3.05, 3.63) is 39.2 Å². The third kappa shape index (κ3) is 7.79. The summed E-state index contributed by atoms with van der Waals surface area (Å²) in [6.07, 6.45) is -10.4. The summed E-state index contributed by atoms with van der Waals surface area (Å²) in [5.41, 5.74) is 4.31. The average molecular weight is 816 g/mol. The molecule has 0 spiro atoms.